The molecular weight excluding hydrogens is 448 g/mol. The standard InChI is InChI=1S/C25H24N6O2S/c32-23(27-20-8-10-21(11-9-20)30-13-15-33-16-14-30)18-34-25-29-28-24(19-5-4-12-26-17-19)31(25)22-6-2-1-3-7-22/h1-12,17H,13-16,18H2,(H,27,32). The molecule has 5 rings (SSSR count). The van der Waals surface area contributed by atoms with Gasteiger partial charge in [0.2, 0.25) is 5.91 Å². The van der Waals surface area contributed by atoms with Crippen LogP contribution in [0.4, 0.5) is 11.4 Å². The average molecular weight is 473 g/mol. The van der Waals surface area contributed by atoms with Gasteiger partial charge in [-0.2, -0.15) is 0 Å². The molecule has 4 aromatic rings. The number of nitrogens with zero attached hydrogens (tertiary/aromatic N) is 5. The van der Waals surface area contributed by atoms with Gasteiger partial charge in [-0.05, 0) is 48.5 Å². The Morgan fingerprint density at radius 2 is 1.74 bits per heavy atom. The summed E-state index contributed by atoms with van der Waals surface area (Å²) in [5, 5.41) is 12.4. The molecule has 1 fully saturated rings. The Bertz CT molecular complexity index is 1230. The Balaban J connectivity index is 1.27. The van der Waals surface area contributed by atoms with Crippen LogP contribution in [0, 0.1) is 0 Å². The van der Waals surface area contributed by atoms with Crippen molar-refractivity contribution in [1.82, 2.24) is 19.7 Å². The molecule has 0 unspecified atom stereocenters. The first-order chi connectivity index (χ1) is 16.8. The molecule has 0 bridgehead atoms. The molecule has 0 radical (unpaired) electrons. The number of nitrogens with one attached hydrogen (secondary N) is 1. The van der Waals surface area contributed by atoms with Crippen LogP contribution in [0.25, 0.3) is 17.1 Å². The number of hydrogen-bond donors (Lipinski definition) is 1. The molecule has 8 nitrogen and oxygen atoms in total. The summed E-state index contributed by atoms with van der Waals surface area (Å²) < 4.78 is 7.36. The first kappa shape index (κ1) is 22.1. The Morgan fingerprint density at radius 1 is 0.941 bits per heavy atom. The zero-order valence-electron chi connectivity index (χ0n) is 18.5. The SMILES string of the molecule is O=C(CSc1nnc(-c2cccnc2)n1-c1ccccc1)Nc1ccc(N2CCOCC2)cc1. The molecule has 1 aliphatic heterocycles. The third-order valence-electron chi connectivity index (χ3n) is 5.43. The molecular formula is C25H24N6O2S. The highest BCUT2D eigenvalue weighted by Crippen LogP contribution is 2.27. The molecule has 0 aliphatic carbocycles. The van der Waals surface area contributed by atoms with Crippen molar-refractivity contribution in [3.63, 3.8) is 0 Å². The second-order valence-electron chi connectivity index (χ2n) is 7.70. The number of morpholine rings is 1. The number of carbonyl (C=O) groups is 1. The lowest BCUT2D eigenvalue weighted by Crippen LogP contribution is -2.36. The number of amides is 1. The third kappa shape index (κ3) is 5.11. The number of anilines is 2. The van der Waals surface area contributed by atoms with E-state index >= 15 is 0 Å². The van der Waals surface area contributed by atoms with Gasteiger partial charge in [0, 0.05) is 48.1 Å². The average Bonchev–Trinajstić information content (AvgIpc) is 3.33. The van der Waals surface area contributed by atoms with Crippen LogP contribution in [0.2, 0.25) is 0 Å². The maximum Gasteiger partial charge on any atom is 0.234 e. The van der Waals surface area contributed by atoms with Crippen molar-refractivity contribution < 1.29 is 9.53 Å². The van der Waals surface area contributed by atoms with Gasteiger partial charge in [-0.15, -0.1) is 10.2 Å². The molecule has 1 N–H and O–H groups in total. The topological polar surface area (TPSA) is 85.2 Å². The molecule has 1 saturated heterocycles. The minimum atomic E-state index is -0.102. The Morgan fingerprint density at radius 3 is 2.47 bits per heavy atom. The maximum atomic E-state index is 12.7. The molecule has 2 aromatic heterocycles. The van der Waals surface area contributed by atoms with Gasteiger partial charge in [0.25, 0.3) is 0 Å². The number of thioether (sulfide) groups is 1. The van der Waals surface area contributed by atoms with Crippen LogP contribution < -0.4 is 10.2 Å². The van der Waals surface area contributed by atoms with Crippen molar-refractivity contribution in [3.8, 4) is 17.1 Å². The van der Waals surface area contributed by atoms with Crippen molar-refractivity contribution in [2.45, 2.75) is 5.16 Å². The van der Waals surface area contributed by atoms with Crippen LogP contribution in [-0.2, 0) is 9.53 Å². The van der Waals surface area contributed by atoms with Crippen molar-refractivity contribution in [3.05, 3.63) is 79.1 Å². The molecule has 34 heavy (non-hydrogen) atoms. The number of para-hydroxylation sites is 1. The highest BCUT2D eigenvalue weighted by molar-refractivity contribution is 7.99. The lowest BCUT2D eigenvalue weighted by Gasteiger charge is -2.28. The zero-order chi connectivity index (χ0) is 23.2. The highest BCUT2D eigenvalue weighted by Gasteiger charge is 2.17. The van der Waals surface area contributed by atoms with Crippen molar-refractivity contribution in [2.75, 3.05) is 42.3 Å². The van der Waals surface area contributed by atoms with Gasteiger partial charge in [-0.25, -0.2) is 0 Å². The van der Waals surface area contributed by atoms with Crippen molar-refractivity contribution >= 4 is 29.0 Å². The van der Waals surface area contributed by atoms with E-state index in [1.165, 1.54) is 11.8 Å². The van der Waals surface area contributed by atoms with Gasteiger partial charge in [0.1, 0.15) is 0 Å². The van der Waals surface area contributed by atoms with E-state index in [1.54, 1.807) is 12.4 Å². The Hall–Kier alpha value is -3.69. The molecule has 2 aromatic carbocycles. The fourth-order valence-corrected chi connectivity index (χ4v) is 4.51. The highest BCUT2D eigenvalue weighted by atomic mass is 32.2. The van der Waals surface area contributed by atoms with Crippen molar-refractivity contribution in [1.29, 1.82) is 0 Å². The molecule has 9 heteroatoms. The van der Waals surface area contributed by atoms with E-state index in [4.69, 9.17) is 4.74 Å². The van der Waals surface area contributed by atoms with Crippen LogP contribution in [0.3, 0.4) is 0 Å². The Kier molecular flexibility index (Phi) is 6.83. The molecule has 0 spiro atoms. The van der Waals surface area contributed by atoms with Gasteiger partial charge in [0.05, 0.1) is 19.0 Å². The molecule has 3 heterocycles. The zero-order valence-corrected chi connectivity index (χ0v) is 19.3. The summed E-state index contributed by atoms with van der Waals surface area (Å²) in [6.45, 7) is 3.24. The van der Waals surface area contributed by atoms with Crippen molar-refractivity contribution in [2.24, 2.45) is 0 Å². The summed E-state index contributed by atoms with van der Waals surface area (Å²) in [7, 11) is 0. The third-order valence-corrected chi connectivity index (χ3v) is 6.36. The number of aromatic nitrogens is 4. The van der Waals surface area contributed by atoms with E-state index in [0.29, 0.717) is 11.0 Å². The fourth-order valence-electron chi connectivity index (χ4n) is 3.76. The van der Waals surface area contributed by atoms with E-state index in [0.717, 1.165) is 48.9 Å². The van der Waals surface area contributed by atoms with Gasteiger partial charge in [-0.3, -0.25) is 14.3 Å². The summed E-state index contributed by atoms with van der Waals surface area (Å²) in [6, 6.07) is 21.6. The van der Waals surface area contributed by atoms with Gasteiger partial charge >= 0.3 is 0 Å². The summed E-state index contributed by atoms with van der Waals surface area (Å²) in [5.41, 5.74) is 3.68. The van der Waals surface area contributed by atoms with Crippen LogP contribution >= 0.6 is 11.8 Å². The second kappa shape index (κ2) is 10.5. The largest absolute Gasteiger partial charge is 0.378 e. The van der Waals surface area contributed by atoms with E-state index in [2.05, 4.69) is 25.4 Å². The van der Waals surface area contributed by atoms with Crippen LogP contribution in [0.15, 0.2) is 84.3 Å². The minimum absolute atomic E-state index is 0.102. The van der Waals surface area contributed by atoms with E-state index < -0.39 is 0 Å². The maximum absolute atomic E-state index is 12.7. The molecule has 1 aliphatic rings. The fraction of sp³-hybridized carbons (Fsp3) is 0.200. The molecule has 0 atom stereocenters. The second-order valence-corrected chi connectivity index (χ2v) is 8.64. The summed E-state index contributed by atoms with van der Waals surface area (Å²) in [6.07, 6.45) is 3.48. The first-order valence-electron chi connectivity index (χ1n) is 11.0. The molecule has 0 saturated carbocycles. The smallest absolute Gasteiger partial charge is 0.234 e. The predicted octanol–water partition coefficient (Wildman–Crippen LogP) is 3.90. The number of ether oxygens (including phenoxy) is 1. The van der Waals surface area contributed by atoms with Gasteiger partial charge < -0.3 is 15.0 Å². The van der Waals surface area contributed by atoms with Crippen LogP contribution in [-0.4, -0.2) is 57.7 Å². The number of benzene rings is 2. The number of rotatable bonds is 7. The Labute approximate surface area is 202 Å². The number of pyridine rings is 1. The molecule has 172 valence electrons. The summed E-state index contributed by atoms with van der Waals surface area (Å²) in [5.74, 6) is 0.791. The number of carbonyl (C=O) groups excluding carboxylic acids is 1. The lowest BCUT2D eigenvalue weighted by atomic mass is 10.2. The molecule has 1 amide bonds. The summed E-state index contributed by atoms with van der Waals surface area (Å²) in [4.78, 5) is 19.2. The van der Waals surface area contributed by atoms with Gasteiger partial charge in [0.15, 0.2) is 11.0 Å². The van der Waals surface area contributed by atoms with Gasteiger partial charge in [-0.1, -0.05) is 30.0 Å². The number of hydrogen-bond acceptors (Lipinski definition) is 7. The van der Waals surface area contributed by atoms with Crippen LogP contribution in [0.5, 0.6) is 0 Å². The van der Waals surface area contributed by atoms with E-state index in [9.17, 15) is 4.79 Å². The monoisotopic (exact) mass is 472 g/mol. The first-order valence-corrected chi connectivity index (χ1v) is 12.0. The van der Waals surface area contributed by atoms with E-state index in [-0.39, 0.29) is 11.7 Å². The van der Waals surface area contributed by atoms with E-state index in [1.807, 2.05) is 71.3 Å². The quantitative estimate of drug-likeness (QED) is 0.408. The predicted molar refractivity (Wildman–Crippen MR) is 133 cm³/mol. The summed E-state index contributed by atoms with van der Waals surface area (Å²) >= 11 is 1.35. The van der Waals surface area contributed by atoms with Crippen LogP contribution in [0.1, 0.15) is 0 Å². The minimum Gasteiger partial charge on any atom is -0.378 e. The lowest BCUT2D eigenvalue weighted by molar-refractivity contribution is -0.113. The normalized spacial score (nSPS) is 13.6.